The Kier molecular flexibility index (Phi) is 8.75. The number of hydrogen-bond donors (Lipinski definition) is 3. The SMILES string of the molecule is S=C(NCCC[NH+]1CCOCC1)NN=C1CCCCCCC1. The topological polar surface area (TPSA) is 50.1 Å². The molecule has 0 amide bonds. The first-order valence-corrected chi connectivity index (χ1v) is 9.26. The van der Waals surface area contributed by atoms with Crippen molar-refractivity contribution in [3.63, 3.8) is 0 Å². The summed E-state index contributed by atoms with van der Waals surface area (Å²) in [7, 11) is 0. The van der Waals surface area contributed by atoms with Gasteiger partial charge in [0.1, 0.15) is 13.1 Å². The normalized spacial score (nSPS) is 20.8. The number of nitrogens with one attached hydrogen (secondary N) is 3. The van der Waals surface area contributed by atoms with Gasteiger partial charge in [-0.2, -0.15) is 5.10 Å². The van der Waals surface area contributed by atoms with Crippen molar-refractivity contribution in [2.45, 2.75) is 51.4 Å². The fraction of sp³-hybridized carbons (Fsp3) is 0.875. The van der Waals surface area contributed by atoms with Crippen LogP contribution in [0.1, 0.15) is 51.4 Å². The average Bonchev–Trinajstić information content (AvgIpc) is 2.51. The number of nitrogens with zero attached hydrogens (tertiary/aromatic N) is 1. The van der Waals surface area contributed by atoms with Gasteiger partial charge in [0.05, 0.1) is 19.8 Å². The van der Waals surface area contributed by atoms with E-state index in [1.54, 1.807) is 4.90 Å². The van der Waals surface area contributed by atoms with Crippen molar-refractivity contribution in [2.24, 2.45) is 5.10 Å². The Morgan fingerprint density at radius 1 is 1.09 bits per heavy atom. The standard InChI is InChI=1S/C16H30N4OS/c22-16(17-9-6-10-20-11-13-21-14-12-20)19-18-15-7-4-2-1-3-5-8-15/h1-14H2,(H2,17,19,22)/p+1. The maximum Gasteiger partial charge on any atom is 0.186 e. The molecular weight excluding hydrogens is 296 g/mol. The number of quaternary nitrogens is 1. The first-order valence-electron chi connectivity index (χ1n) is 8.85. The van der Waals surface area contributed by atoms with Crippen molar-refractivity contribution in [1.82, 2.24) is 10.7 Å². The van der Waals surface area contributed by atoms with Gasteiger partial charge in [-0.05, 0) is 37.9 Å². The molecule has 1 aliphatic heterocycles. The molecule has 5 nitrogen and oxygen atoms in total. The highest BCUT2D eigenvalue weighted by atomic mass is 32.1. The lowest BCUT2D eigenvalue weighted by Gasteiger charge is -2.23. The van der Waals surface area contributed by atoms with E-state index in [4.69, 9.17) is 17.0 Å². The molecular formula is C16H31N4OS+. The predicted octanol–water partition coefficient (Wildman–Crippen LogP) is 0.856. The van der Waals surface area contributed by atoms with Crippen molar-refractivity contribution in [3.8, 4) is 0 Å². The van der Waals surface area contributed by atoms with Crippen molar-refractivity contribution in [1.29, 1.82) is 0 Å². The molecule has 0 bridgehead atoms. The Balaban J connectivity index is 1.54. The highest BCUT2D eigenvalue weighted by Gasteiger charge is 2.12. The number of morpholine rings is 1. The van der Waals surface area contributed by atoms with Crippen LogP contribution in [0.2, 0.25) is 0 Å². The van der Waals surface area contributed by atoms with E-state index in [2.05, 4.69) is 15.8 Å². The van der Waals surface area contributed by atoms with E-state index in [-0.39, 0.29) is 0 Å². The maximum absolute atomic E-state index is 5.37. The van der Waals surface area contributed by atoms with Crippen LogP contribution in [0.25, 0.3) is 0 Å². The maximum atomic E-state index is 5.37. The molecule has 2 fully saturated rings. The Morgan fingerprint density at radius 3 is 2.50 bits per heavy atom. The second-order valence-corrected chi connectivity index (χ2v) is 6.69. The molecule has 1 aliphatic carbocycles. The molecule has 0 atom stereocenters. The smallest absolute Gasteiger partial charge is 0.186 e. The van der Waals surface area contributed by atoms with Gasteiger partial charge in [0.2, 0.25) is 0 Å². The summed E-state index contributed by atoms with van der Waals surface area (Å²) in [6.45, 7) is 6.18. The number of rotatable bonds is 5. The minimum atomic E-state index is 0.659. The van der Waals surface area contributed by atoms with Gasteiger partial charge in [-0.1, -0.05) is 19.3 Å². The van der Waals surface area contributed by atoms with Gasteiger partial charge in [0, 0.05) is 18.7 Å². The molecule has 0 aromatic heterocycles. The number of hydrazone groups is 1. The number of thiocarbonyl (C=S) groups is 1. The molecule has 6 heteroatoms. The molecule has 1 heterocycles. The molecule has 0 aromatic rings. The van der Waals surface area contributed by atoms with Crippen molar-refractivity contribution < 1.29 is 9.64 Å². The highest BCUT2D eigenvalue weighted by molar-refractivity contribution is 7.80. The quantitative estimate of drug-likeness (QED) is 0.398. The molecule has 3 N–H and O–H groups in total. The third kappa shape index (κ3) is 7.51. The van der Waals surface area contributed by atoms with Gasteiger partial charge >= 0.3 is 0 Å². The zero-order valence-corrected chi connectivity index (χ0v) is 14.5. The zero-order valence-electron chi connectivity index (χ0n) is 13.7. The van der Waals surface area contributed by atoms with E-state index in [1.165, 1.54) is 44.4 Å². The predicted molar refractivity (Wildman–Crippen MR) is 94.5 cm³/mol. The third-order valence-electron chi connectivity index (χ3n) is 4.44. The molecule has 2 rings (SSSR count). The van der Waals surface area contributed by atoms with E-state index < -0.39 is 0 Å². The summed E-state index contributed by atoms with van der Waals surface area (Å²) in [5.41, 5.74) is 4.30. The summed E-state index contributed by atoms with van der Waals surface area (Å²) in [6.07, 6.45) is 9.97. The molecule has 0 spiro atoms. The Hall–Kier alpha value is -0.720. The Morgan fingerprint density at radius 2 is 1.77 bits per heavy atom. The summed E-state index contributed by atoms with van der Waals surface area (Å²) in [5, 5.41) is 8.41. The molecule has 0 radical (unpaired) electrons. The molecule has 2 aliphatic rings. The van der Waals surface area contributed by atoms with Crippen LogP contribution in [0.15, 0.2) is 5.10 Å². The largest absolute Gasteiger partial charge is 0.370 e. The fourth-order valence-corrected chi connectivity index (χ4v) is 3.19. The van der Waals surface area contributed by atoms with Crippen LogP contribution in [0.4, 0.5) is 0 Å². The average molecular weight is 328 g/mol. The molecule has 1 saturated carbocycles. The molecule has 0 unspecified atom stereocenters. The zero-order chi connectivity index (χ0) is 15.5. The van der Waals surface area contributed by atoms with E-state index in [1.807, 2.05) is 0 Å². The second kappa shape index (κ2) is 10.9. The van der Waals surface area contributed by atoms with E-state index >= 15 is 0 Å². The van der Waals surface area contributed by atoms with Gasteiger partial charge in [0.25, 0.3) is 0 Å². The molecule has 126 valence electrons. The lowest BCUT2D eigenvalue weighted by atomic mass is 9.99. The van der Waals surface area contributed by atoms with Crippen molar-refractivity contribution in [2.75, 3.05) is 39.4 Å². The monoisotopic (exact) mass is 327 g/mol. The number of hydrogen-bond acceptors (Lipinski definition) is 3. The summed E-state index contributed by atoms with van der Waals surface area (Å²) in [4.78, 5) is 1.64. The minimum Gasteiger partial charge on any atom is -0.370 e. The van der Waals surface area contributed by atoms with Crippen LogP contribution in [-0.2, 0) is 4.74 Å². The van der Waals surface area contributed by atoms with Crippen LogP contribution >= 0.6 is 12.2 Å². The van der Waals surface area contributed by atoms with Gasteiger partial charge in [0.15, 0.2) is 5.11 Å². The number of ether oxygens (including phenoxy) is 1. The van der Waals surface area contributed by atoms with Crippen molar-refractivity contribution in [3.05, 3.63) is 0 Å². The molecule has 0 aromatic carbocycles. The first kappa shape index (κ1) is 17.6. The summed E-state index contributed by atoms with van der Waals surface area (Å²) >= 11 is 5.30. The van der Waals surface area contributed by atoms with Crippen LogP contribution < -0.4 is 15.6 Å². The highest BCUT2D eigenvalue weighted by Crippen LogP contribution is 2.14. The molecule has 22 heavy (non-hydrogen) atoms. The van der Waals surface area contributed by atoms with E-state index in [9.17, 15) is 0 Å². The summed E-state index contributed by atoms with van der Waals surface area (Å²) in [6, 6.07) is 0. The van der Waals surface area contributed by atoms with Gasteiger partial charge in [-0.25, -0.2) is 0 Å². The Labute approximate surface area is 139 Å². The van der Waals surface area contributed by atoms with Crippen LogP contribution in [-0.4, -0.2) is 50.2 Å². The fourth-order valence-electron chi connectivity index (χ4n) is 3.04. The third-order valence-corrected chi connectivity index (χ3v) is 4.67. The van der Waals surface area contributed by atoms with E-state index in [0.717, 1.165) is 52.1 Å². The van der Waals surface area contributed by atoms with E-state index in [0.29, 0.717) is 5.11 Å². The summed E-state index contributed by atoms with van der Waals surface area (Å²) < 4.78 is 5.37. The Bertz CT molecular complexity index is 346. The first-order chi connectivity index (χ1) is 10.8. The summed E-state index contributed by atoms with van der Waals surface area (Å²) in [5.74, 6) is 0. The van der Waals surface area contributed by atoms with Crippen LogP contribution in [0.5, 0.6) is 0 Å². The van der Waals surface area contributed by atoms with Crippen LogP contribution in [0, 0.1) is 0 Å². The lowest BCUT2D eigenvalue weighted by molar-refractivity contribution is -0.908. The van der Waals surface area contributed by atoms with Crippen molar-refractivity contribution >= 4 is 23.0 Å². The lowest BCUT2D eigenvalue weighted by Crippen LogP contribution is -3.14. The molecule has 1 saturated heterocycles. The second-order valence-electron chi connectivity index (χ2n) is 6.28. The van der Waals surface area contributed by atoms with Gasteiger partial charge < -0.3 is 15.0 Å². The van der Waals surface area contributed by atoms with Gasteiger partial charge in [-0.15, -0.1) is 0 Å². The van der Waals surface area contributed by atoms with Gasteiger partial charge in [-0.3, -0.25) is 5.43 Å². The minimum absolute atomic E-state index is 0.659. The van der Waals surface area contributed by atoms with Crippen LogP contribution in [0.3, 0.4) is 0 Å².